The average Bonchev–Trinajstić information content (AvgIpc) is 3.38. The van der Waals surface area contributed by atoms with Crippen molar-refractivity contribution in [1.82, 2.24) is 9.88 Å². The minimum absolute atomic E-state index is 0.00618. The molecule has 0 bridgehead atoms. The molecule has 2 aromatic carbocycles. The normalized spacial score (nSPS) is 25.3. The maximum absolute atomic E-state index is 13.0. The number of carbonyl (C=O) groups is 2. The third-order valence-corrected chi connectivity index (χ3v) is 6.22. The van der Waals surface area contributed by atoms with Crippen molar-refractivity contribution in [3.63, 3.8) is 0 Å². The molecule has 3 aliphatic heterocycles. The van der Waals surface area contributed by atoms with E-state index in [1.807, 2.05) is 36.4 Å². The van der Waals surface area contributed by atoms with Crippen LogP contribution < -0.4 is 9.47 Å². The lowest BCUT2D eigenvalue weighted by Gasteiger charge is -2.37. The van der Waals surface area contributed by atoms with Gasteiger partial charge in [-0.1, -0.05) is 24.3 Å². The summed E-state index contributed by atoms with van der Waals surface area (Å²) >= 11 is 0. The summed E-state index contributed by atoms with van der Waals surface area (Å²) < 4.78 is 11.0. The SMILES string of the molecule is CC1C(=O)[C@H]2Cc3c([nH]c4ccccc34)[C@@H](c3ccc4c(c3)OCO4)N2C1=O. The van der Waals surface area contributed by atoms with E-state index in [4.69, 9.17) is 9.47 Å². The fourth-order valence-corrected chi connectivity index (χ4v) is 4.85. The molecule has 1 amide bonds. The lowest BCUT2D eigenvalue weighted by Crippen LogP contribution is -2.44. The molecular weight excluding hydrogens is 356 g/mol. The molecule has 28 heavy (non-hydrogen) atoms. The molecule has 6 rings (SSSR count). The first-order valence-electron chi connectivity index (χ1n) is 9.48. The zero-order chi connectivity index (χ0) is 19.0. The second-order valence-electron chi connectivity index (χ2n) is 7.67. The molecule has 3 aromatic rings. The third kappa shape index (κ3) is 1.92. The Kier molecular flexibility index (Phi) is 3.02. The zero-order valence-electron chi connectivity index (χ0n) is 15.3. The van der Waals surface area contributed by atoms with E-state index in [2.05, 4.69) is 11.1 Å². The van der Waals surface area contributed by atoms with Crippen LogP contribution >= 0.6 is 0 Å². The number of nitrogens with zero attached hydrogens (tertiary/aromatic N) is 1. The van der Waals surface area contributed by atoms with Gasteiger partial charge in [-0.25, -0.2) is 0 Å². The quantitative estimate of drug-likeness (QED) is 0.665. The van der Waals surface area contributed by atoms with Gasteiger partial charge in [0.2, 0.25) is 12.7 Å². The zero-order valence-corrected chi connectivity index (χ0v) is 15.3. The van der Waals surface area contributed by atoms with Crippen LogP contribution in [0, 0.1) is 5.92 Å². The Hall–Kier alpha value is -3.28. The fraction of sp³-hybridized carbons (Fsp3) is 0.273. The number of para-hydroxylation sites is 1. The van der Waals surface area contributed by atoms with E-state index >= 15 is 0 Å². The second kappa shape index (κ2) is 5.38. The van der Waals surface area contributed by atoms with Crippen molar-refractivity contribution in [3.8, 4) is 11.5 Å². The van der Waals surface area contributed by atoms with Crippen molar-refractivity contribution >= 4 is 22.6 Å². The average molecular weight is 374 g/mol. The number of Topliss-reactive ketones (excluding diaryl/α,β-unsaturated/α-hetero) is 1. The molecule has 140 valence electrons. The Morgan fingerprint density at radius 2 is 1.89 bits per heavy atom. The van der Waals surface area contributed by atoms with Gasteiger partial charge >= 0.3 is 0 Å². The van der Waals surface area contributed by atoms with E-state index in [1.54, 1.807) is 11.8 Å². The molecule has 0 spiro atoms. The van der Waals surface area contributed by atoms with Crippen LogP contribution in [0.5, 0.6) is 11.5 Å². The molecule has 3 atom stereocenters. The summed E-state index contributed by atoms with van der Waals surface area (Å²) in [5.74, 6) is 0.666. The van der Waals surface area contributed by atoms with Gasteiger partial charge in [0.05, 0.1) is 18.0 Å². The highest BCUT2D eigenvalue weighted by atomic mass is 16.7. The number of H-pyrrole nitrogens is 1. The van der Waals surface area contributed by atoms with Gasteiger partial charge < -0.3 is 19.4 Å². The summed E-state index contributed by atoms with van der Waals surface area (Å²) in [6.07, 6.45) is 0.551. The number of aromatic nitrogens is 1. The van der Waals surface area contributed by atoms with Gasteiger partial charge in [-0.2, -0.15) is 0 Å². The first kappa shape index (κ1) is 15.7. The van der Waals surface area contributed by atoms with Crippen LogP contribution in [0.15, 0.2) is 42.5 Å². The van der Waals surface area contributed by atoms with E-state index in [0.717, 1.165) is 27.7 Å². The lowest BCUT2D eigenvalue weighted by molar-refractivity contribution is -0.133. The van der Waals surface area contributed by atoms with Gasteiger partial charge in [-0.05, 0) is 36.2 Å². The second-order valence-corrected chi connectivity index (χ2v) is 7.67. The topological polar surface area (TPSA) is 71.6 Å². The fourth-order valence-electron chi connectivity index (χ4n) is 4.85. The van der Waals surface area contributed by atoms with E-state index in [1.165, 1.54) is 0 Å². The monoisotopic (exact) mass is 374 g/mol. The van der Waals surface area contributed by atoms with Gasteiger partial charge in [0.1, 0.15) is 0 Å². The summed E-state index contributed by atoms with van der Waals surface area (Å²) in [5, 5.41) is 1.11. The number of rotatable bonds is 1. The number of ether oxygens (including phenoxy) is 2. The predicted molar refractivity (Wildman–Crippen MR) is 101 cm³/mol. The number of benzene rings is 2. The van der Waals surface area contributed by atoms with E-state index in [-0.39, 0.29) is 24.5 Å². The van der Waals surface area contributed by atoms with Crippen LogP contribution in [-0.4, -0.2) is 34.4 Å². The Morgan fingerprint density at radius 1 is 1.07 bits per heavy atom. The smallest absolute Gasteiger partial charge is 0.234 e. The van der Waals surface area contributed by atoms with Crippen molar-refractivity contribution in [3.05, 3.63) is 59.3 Å². The molecule has 6 heteroatoms. The summed E-state index contributed by atoms with van der Waals surface area (Å²) in [5.41, 5.74) is 4.03. The highest BCUT2D eigenvalue weighted by Crippen LogP contribution is 2.46. The number of carbonyl (C=O) groups excluding carboxylic acids is 2. The summed E-state index contributed by atoms with van der Waals surface area (Å²) in [4.78, 5) is 31.2. The molecule has 6 nitrogen and oxygen atoms in total. The van der Waals surface area contributed by atoms with Crippen LogP contribution in [0.4, 0.5) is 0 Å². The number of fused-ring (bicyclic) bond motifs is 5. The Morgan fingerprint density at radius 3 is 2.79 bits per heavy atom. The maximum atomic E-state index is 13.0. The number of hydrogen-bond acceptors (Lipinski definition) is 4. The van der Waals surface area contributed by atoms with Gasteiger partial charge in [0.25, 0.3) is 0 Å². The van der Waals surface area contributed by atoms with Gasteiger partial charge in [-0.3, -0.25) is 9.59 Å². The number of hydrogen-bond donors (Lipinski definition) is 1. The van der Waals surface area contributed by atoms with Gasteiger partial charge in [0.15, 0.2) is 17.3 Å². The third-order valence-electron chi connectivity index (χ3n) is 6.22. The summed E-state index contributed by atoms with van der Waals surface area (Å²) in [6, 6.07) is 13.1. The van der Waals surface area contributed by atoms with Crippen LogP contribution in [0.2, 0.25) is 0 Å². The standard InChI is InChI=1S/C22H18N2O4/c1-11-21(25)16-9-14-13-4-2-3-5-15(13)23-19(14)20(24(16)22(11)26)12-6-7-17-18(8-12)28-10-27-17/h2-8,11,16,20,23H,9-10H2,1H3/t11?,16-,20-/m1/s1. The molecule has 1 aromatic heterocycles. The minimum atomic E-state index is -0.600. The van der Waals surface area contributed by atoms with Crippen LogP contribution in [0.1, 0.15) is 29.8 Å². The molecule has 0 radical (unpaired) electrons. The predicted octanol–water partition coefficient (Wildman–Crippen LogP) is 2.96. The maximum Gasteiger partial charge on any atom is 0.234 e. The number of ketones is 1. The molecular formula is C22H18N2O4. The van der Waals surface area contributed by atoms with Gasteiger partial charge in [0, 0.05) is 23.0 Å². The summed E-state index contributed by atoms with van der Waals surface area (Å²) in [6.45, 7) is 1.91. The summed E-state index contributed by atoms with van der Waals surface area (Å²) in [7, 11) is 0. The number of amides is 1. The number of nitrogens with one attached hydrogen (secondary N) is 1. The highest BCUT2D eigenvalue weighted by molar-refractivity contribution is 6.11. The molecule has 0 saturated carbocycles. The first-order valence-corrected chi connectivity index (χ1v) is 9.48. The first-order chi connectivity index (χ1) is 13.6. The van der Waals surface area contributed by atoms with Crippen molar-refractivity contribution < 1.29 is 19.1 Å². The van der Waals surface area contributed by atoms with E-state index in [9.17, 15) is 9.59 Å². The Balaban J connectivity index is 1.60. The van der Waals surface area contributed by atoms with Crippen molar-refractivity contribution in [2.75, 3.05) is 6.79 Å². The minimum Gasteiger partial charge on any atom is -0.454 e. The van der Waals surface area contributed by atoms with Crippen LogP contribution in [-0.2, 0) is 16.0 Å². The highest BCUT2D eigenvalue weighted by Gasteiger charge is 2.52. The number of aromatic amines is 1. The molecule has 3 aliphatic rings. The van der Waals surface area contributed by atoms with Gasteiger partial charge in [-0.15, -0.1) is 0 Å². The van der Waals surface area contributed by atoms with Crippen molar-refractivity contribution in [2.45, 2.75) is 25.4 Å². The molecule has 1 saturated heterocycles. The largest absolute Gasteiger partial charge is 0.454 e. The molecule has 4 heterocycles. The van der Waals surface area contributed by atoms with Crippen molar-refractivity contribution in [2.24, 2.45) is 5.92 Å². The lowest BCUT2D eigenvalue weighted by atomic mass is 9.88. The van der Waals surface area contributed by atoms with Crippen LogP contribution in [0.25, 0.3) is 10.9 Å². The molecule has 0 aliphatic carbocycles. The van der Waals surface area contributed by atoms with Crippen LogP contribution in [0.3, 0.4) is 0 Å². The van der Waals surface area contributed by atoms with E-state index in [0.29, 0.717) is 17.9 Å². The Labute approximate surface area is 161 Å². The van der Waals surface area contributed by atoms with Crippen molar-refractivity contribution in [1.29, 1.82) is 0 Å². The van der Waals surface area contributed by atoms with E-state index < -0.39 is 12.0 Å². The molecule has 1 unspecified atom stereocenters. The Bertz CT molecular complexity index is 1160. The molecule has 1 fully saturated rings. The molecule has 1 N–H and O–H groups in total.